The van der Waals surface area contributed by atoms with Crippen molar-refractivity contribution in [2.24, 2.45) is 0 Å². The van der Waals surface area contributed by atoms with Crippen LogP contribution >= 0.6 is 18.9 Å². The summed E-state index contributed by atoms with van der Waals surface area (Å²) in [4.78, 5) is 34.4. The van der Waals surface area contributed by atoms with Crippen LogP contribution in [-0.4, -0.2) is 90.4 Å². The van der Waals surface area contributed by atoms with Crippen LogP contribution in [0, 0.1) is 0 Å². The molecule has 0 bridgehead atoms. The van der Waals surface area contributed by atoms with Gasteiger partial charge in [-0.25, -0.2) is 0 Å². The molecule has 3 aromatic rings. The van der Waals surface area contributed by atoms with Crippen molar-refractivity contribution in [1.82, 2.24) is 20.2 Å². The van der Waals surface area contributed by atoms with Crippen LogP contribution in [0.2, 0.25) is 5.02 Å². The van der Waals surface area contributed by atoms with E-state index in [9.17, 15) is 9.79 Å². The van der Waals surface area contributed by atoms with E-state index in [1.165, 1.54) is 19.5 Å². The van der Waals surface area contributed by atoms with E-state index >= 15 is 0 Å². The summed E-state index contributed by atoms with van der Waals surface area (Å²) in [5, 5.41) is 10.1. The van der Waals surface area contributed by atoms with E-state index in [-0.39, 0.29) is 10.8 Å². The second-order valence-electron chi connectivity index (χ2n) is 11.0. The molecule has 0 spiro atoms. The minimum atomic E-state index is -4.27. The summed E-state index contributed by atoms with van der Waals surface area (Å²) in [6.07, 6.45) is 3.80. The van der Waals surface area contributed by atoms with Crippen LogP contribution < -0.4 is 30.1 Å². The SMILES string of the molecule is COc1cc(N2CCC(N3CCNCC3)CC2)ccc1Nc1ncc(Cl)c(Nc2ccccc2OP(C)(C)(O)O)n1. The van der Waals surface area contributed by atoms with Gasteiger partial charge in [0.05, 0.1) is 0 Å². The molecule has 5 N–H and O–H groups in total. The zero-order valence-corrected chi connectivity index (χ0v) is 25.3. The fourth-order valence-corrected chi connectivity index (χ4v) is 6.08. The monoisotopic (exact) mass is 603 g/mol. The van der Waals surface area contributed by atoms with Crippen LogP contribution in [0.3, 0.4) is 0 Å². The molecule has 5 rings (SSSR count). The van der Waals surface area contributed by atoms with Crippen molar-refractivity contribution in [3.05, 3.63) is 53.7 Å². The van der Waals surface area contributed by atoms with E-state index in [2.05, 4.69) is 41.8 Å². The van der Waals surface area contributed by atoms with Gasteiger partial charge in [-0.2, -0.15) is 0 Å². The third kappa shape index (κ3) is 7.88. The maximum atomic E-state index is 10.3. The molecule has 2 aliphatic rings. The molecule has 0 saturated carbocycles. The average Bonchev–Trinajstić information content (AvgIpc) is 2.95. The van der Waals surface area contributed by atoms with E-state index < -0.39 is 7.28 Å². The number of nitrogens with zero attached hydrogens (tertiary/aromatic N) is 4. The molecular weight excluding hydrogens is 565 g/mol. The summed E-state index contributed by atoms with van der Waals surface area (Å²) < 4.78 is 11.3. The Kier molecular flexibility index (Phi) is 8.75. The van der Waals surface area contributed by atoms with Gasteiger partial charge in [0.1, 0.15) is 0 Å². The van der Waals surface area contributed by atoms with Crippen LogP contribution in [0.15, 0.2) is 48.7 Å². The van der Waals surface area contributed by atoms with Gasteiger partial charge in [-0.05, 0) is 12.8 Å². The minimum absolute atomic E-state index is 0.263. The quantitative estimate of drug-likeness (QED) is 0.223. The number of hydrogen-bond donors (Lipinski definition) is 5. The molecule has 2 aliphatic heterocycles. The molecule has 0 radical (unpaired) electrons. The zero-order valence-electron chi connectivity index (χ0n) is 23.7. The number of methoxy groups -OCH3 is 1. The summed E-state index contributed by atoms with van der Waals surface area (Å²) >= 11 is 6.40. The van der Waals surface area contributed by atoms with Crippen molar-refractivity contribution in [2.45, 2.75) is 18.9 Å². The van der Waals surface area contributed by atoms with Crippen molar-refractivity contribution in [3.8, 4) is 11.5 Å². The topological polar surface area (TPSA) is 127 Å². The van der Waals surface area contributed by atoms with E-state index in [1.54, 1.807) is 31.4 Å². The van der Waals surface area contributed by atoms with Crippen molar-refractivity contribution in [1.29, 1.82) is 0 Å². The molecule has 0 aliphatic carbocycles. The first-order valence-electron chi connectivity index (χ1n) is 13.8. The number of nitrogens with one attached hydrogen (secondary N) is 3. The number of halogens is 1. The number of ether oxygens (including phenoxy) is 1. The van der Waals surface area contributed by atoms with Gasteiger partial charge in [-0.15, -0.1) is 0 Å². The zero-order chi connectivity index (χ0) is 29.1. The molecule has 222 valence electrons. The summed E-state index contributed by atoms with van der Waals surface area (Å²) in [6.45, 7) is 9.00. The number of hydrogen-bond acceptors (Lipinski definition) is 11. The van der Waals surface area contributed by atoms with Crippen molar-refractivity contribution in [3.63, 3.8) is 0 Å². The van der Waals surface area contributed by atoms with Gasteiger partial charge >= 0.3 is 173 Å². The molecule has 2 fully saturated rings. The number of benzene rings is 2. The van der Waals surface area contributed by atoms with Crippen LogP contribution in [0.4, 0.5) is 28.8 Å². The molecule has 3 heterocycles. The molecule has 11 nitrogen and oxygen atoms in total. The van der Waals surface area contributed by atoms with Gasteiger partial charge in [0.25, 0.3) is 0 Å². The van der Waals surface area contributed by atoms with E-state index in [4.69, 9.17) is 20.9 Å². The first-order valence-corrected chi connectivity index (χ1v) is 17.1. The van der Waals surface area contributed by atoms with Crippen molar-refractivity contribution >= 4 is 47.7 Å². The summed E-state index contributed by atoms with van der Waals surface area (Å²) in [6, 6.07) is 13.7. The van der Waals surface area contributed by atoms with Crippen LogP contribution in [0.25, 0.3) is 0 Å². The van der Waals surface area contributed by atoms with Gasteiger partial charge in [0.15, 0.2) is 0 Å². The van der Waals surface area contributed by atoms with Gasteiger partial charge in [0.2, 0.25) is 0 Å². The van der Waals surface area contributed by atoms with Gasteiger partial charge in [0, 0.05) is 45.3 Å². The van der Waals surface area contributed by atoms with Crippen LogP contribution in [-0.2, 0) is 0 Å². The van der Waals surface area contributed by atoms with E-state index in [0.29, 0.717) is 29.2 Å². The molecule has 1 aromatic heterocycles. The number of piperidine rings is 1. The number of para-hydroxylation sites is 2. The van der Waals surface area contributed by atoms with Gasteiger partial charge in [-0.1, -0.05) is 0 Å². The maximum absolute atomic E-state index is 10.3. The average molecular weight is 604 g/mol. The normalized spacial score (nSPS) is 17.9. The predicted molar refractivity (Wildman–Crippen MR) is 167 cm³/mol. The molecule has 0 unspecified atom stereocenters. The second-order valence-corrected chi connectivity index (χ2v) is 15.3. The van der Waals surface area contributed by atoms with E-state index in [1.807, 2.05) is 12.1 Å². The van der Waals surface area contributed by atoms with Gasteiger partial charge < -0.3 is 10.2 Å². The number of rotatable bonds is 9. The van der Waals surface area contributed by atoms with E-state index in [0.717, 1.165) is 63.5 Å². The molecule has 0 atom stereocenters. The molecule has 13 heteroatoms. The molecule has 41 heavy (non-hydrogen) atoms. The first-order chi connectivity index (χ1) is 19.5. The Balaban J connectivity index is 1.28. The molecule has 0 amide bonds. The Morgan fingerprint density at radius 2 is 1.68 bits per heavy atom. The van der Waals surface area contributed by atoms with Crippen molar-refractivity contribution in [2.75, 3.05) is 75.2 Å². The Labute approximate surface area is 246 Å². The standard InChI is InChI=1S/C28H39ClN7O4P/c1-39-26-18-21(35-14-10-20(11-15-35)36-16-12-30-13-17-36)8-9-24(26)33-28-31-19-22(29)27(34-28)32-23-6-4-5-7-25(23)40-41(2,3,37)38/h4-9,18-20,30,37-38H,10-17H2,1-3H3,(H2,31,32,33,34). The Morgan fingerprint density at radius 3 is 2.39 bits per heavy atom. The van der Waals surface area contributed by atoms with Crippen LogP contribution in [0.1, 0.15) is 12.8 Å². The second kappa shape index (κ2) is 12.1. The van der Waals surface area contributed by atoms with Crippen LogP contribution in [0.5, 0.6) is 11.5 Å². The number of aromatic nitrogens is 2. The third-order valence-electron chi connectivity index (χ3n) is 7.18. The predicted octanol–water partition coefficient (Wildman–Crippen LogP) is 4.42. The fraction of sp³-hybridized carbons (Fsp3) is 0.429. The molecular formula is C28H39ClN7O4P. The fourth-order valence-electron chi connectivity index (χ4n) is 5.21. The Morgan fingerprint density at radius 1 is 0.976 bits per heavy atom. The molecule has 2 saturated heterocycles. The number of anilines is 5. The first kappa shape index (κ1) is 29.6. The third-order valence-corrected chi connectivity index (χ3v) is 8.18. The Hall–Kier alpha value is -2.92. The Bertz CT molecular complexity index is 1350. The summed E-state index contributed by atoms with van der Waals surface area (Å²) in [5.74, 6) is 1.58. The number of piperazine rings is 1. The molecule has 2 aromatic carbocycles. The van der Waals surface area contributed by atoms with Gasteiger partial charge in [-0.3, -0.25) is 4.90 Å². The summed E-state index contributed by atoms with van der Waals surface area (Å²) in [5.41, 5.74) is 2.32. The summed E-state index contributed by atoms with van der Waals surface area (Å²) in [7, 11) is -2.63. The van der Waals surface area contributed by atoms with Crippen molar-refractivity contribution < 1.29 is 19.0 Å².